The van der Waals surface area contributed by atoms with Crippen molar-refractivity contribution in [1.82, 2.24) is 14.9 Å². The molecule has 1 aliphatic rings. The molecule has 0 saturated heterocycles. The van der Waals surface area contributed by atoms with Gasteiger partial charge >= 0.3 is 0 Å². The minimum absolute atomic E-state index is 0.216. The Morgan fingerprint density at radius 2 is 2.00 bits per heavy atom. The van der Waals surface area contributed by atoms with Gasteiger partial charge < -0.3 is 19.4 Å². The second-order valence-electron chi connectivity index (χ2n) is 6.17. The van der Waals surface area contributed by atoms with Gasteiger partial charge in [0.1, 0.15) is 13.2 Å². The summed E-state index contributed by atoms with van der Waals surface area (Å²) in [5, 5.41) is 3.32. The number of hydrogen-bond donors (Lipinski definition) is 1. The van der Waals surface area contributed by atoms with Crippen LogP contribution in [-0.4, -0.2) is 28.7 Å². The van der Waals surface area contributed by atoms with Crippen LogP contribution in [0.4, 0.5) is 0 Å². The van der Waals surface area contributed by atoms with Crippen LogP contribution < -0.4 is 14.8 Å². The molecule has 0 bridgehead atoms. The van der Waals surface area contributed by atoms with E-state index >= 15 is 0 Å². The Hall–Kier alpha value is -2.99. The fourth-order valence-electron chi connectivity index (χ4n) is 2.98. The molecule has 0 radical (unpaired) electrons. The van der Waals surface area contributed by atoms with Gasteiger partial charge in [0.05, 0.1) is 11.3 Å². The third-order valence-corrected chi connectivity index (χ3v) is 4.61. The molecule has 0 fully saturated rings. The zero-order valence-corrected chi connectivity index (χ0v) is 15.3. The number of benzene rings is 2. The highest BCUT2D eigenvalue weighted by Gasteiger charge is 2.19. The molecule has 1 amide bonds. The van der Waals surface area contributed by atoms with Gasteiger partial charge in [-0.25, -0.2) is 4.98 Å². The fourth-order valence-corrected chi connectivity index (χ4v) is 3.25. The number of carbonyl (C=O) groups excluding carboxylic acids is 1. The van der Waals surface area contributed by atoms with Gasteiger partial charge in [0.15, 0.2) is 11.5 Å². The van der Waals surface area contributed by atoms with Crippen molar-refractivity contribution in [3.05, 3.63) is 76.8 Å². The lowest BCUT2D eigenvalue weighted by Gasteiger charge is -2.20. The van der Waals surface area contributed by atoms with Crippen LogP contribution in [0.15, 0.2) is 55.1 Å². The molecule has 4 rings (SSSR count). The van der Waals surface area contributed by atoms with E-state index < -0.39 is 0 Å². The van der Waals surface area contributed by atoms with Crippen molar-refractivity contribution >= 4 is 17.5 Å². The van der Waals surface area contributed by atoms with Crippen molar-refractivity contribution in [1.29, 1.82) is 0 Å². The third kappa shape index (κ3) is 3.90. The number of fused-ring (bicyclic) bond motifs is 1. The van der Waals surface area contributed by atoms with Crippen LogP contribution in [-0.2, 0) is 13.1 Å². The fraction of sp³-hybridized carbons (Fsp3) is 0.200. The SMILES string of the molecule is O=C(NCc1ccccc1Cn1ccnc1)c1cc(Cl)c2c(c1)OCCO2. The van der Waals surface area contributed by atoms with Gasteiger partial charge in [-0.3, -0.25) is 4.79 Å². The van der Waals surface area contributed by atoms with Crippen molar-refractivity contribution in [3.63, 3.8) is 0 Å². The molecule has 6 nitrogen and oxygen atoms in total. The first-order valence-electron chi connectivity index (χ1n) is 8.60. The predicted octanol–water partition coefficient (Wildman–Crippen LogP) is 3.29. The van der Waals surface area contributed by atoms with E-state index in [1.165, 1.54) is 0 Å². The number of carbonyl (C=O) groups is 1. The molecule has 0 aliphatic carbocycles. The van der Waals surface area contributed by atoms with Gasteiger partial charge in [0.25, 0.3) is 5.91 Å². The summed E-state index contributed by atoms with van der Waals surface area (Å²) < 4.78 is 13.0. The molecule has 138 valence electrons. The zero-order chi connectivity index (χ0) is 18.6. The molecule has 1 aromatic heterocycles. The van der Waals surface area contributed by atoms with Crippen LogP contribution in [0, 0.1) is 0 Å². The van der Waals surface area contributed by atoms with Gasteiger partial charge in [0, 0.05) is 31.0 Å². The second kappa shape index (κ2) is 7.72. The summed E-state index contributed by atoms with van der Waals surface area (Å²) >= 11 is 6.22. The summed E-state index contributed by atoms with van der Waals surface area (Å²) in [6.45, 7) is 2.00. The van der Waals surface area contributed by atoms with Gasteiger partial charge in [-0.05, 0) is 23.3 Å². The van der Waals surface area contributed by atoms with E-state index in [0.717, 1.165) is 11.1 Å². The highest BCUT2D eigenvalue weighted by Crippen LogP contribution is 2.38. The standard InChI is InChI=1S/C20H18ClN3O3/c21-17-9-16(10-18-19(17)27-8-7-26-18)20(25)23-11-14-3-1-2-4-15(14)12-24-6-5-22-13-24/h1-6,9-10,13H,7-8,11-12H2,(H,23,25). The number of nitrogens with zero attached hydrogens (tertiary/aromatic N) is 2. The summed E-state index contributed by atoms with van der Waals surface area (Å²) in [7, 11) is 0. The molecule has 1 aliphatic heterocycles. The number of ether oxygens (including phenoxy) is 2. The molecule has 1 N–H and O–H groups in total. The number of amides is 1. The maximum Gasteiger partial charge on any atom is 0.251 e. The second-order valence-corrected chi connectivity index (χ2v) is 6.58. The largest absolute Gasteiger partial charge is 0.486 e. The van der Waals surface area contributed by atoms with Crippen LogP contribution in [0.25, 0.3) is 0 Å². The van der Waals surface area contributed by atoms with E-state index in [2.05, 4.69) is 10.3 Å². The van der Waals surface area contributed by atoms with E-state index in [-0.39, 0.29) is 5.91 Å². The Labute approximate surface area is 161 Å². The lowest BCUT2D eigenvalue weighted by atomic mass is 10.1. The predicted molar refractivity (Wildman–Crippen MR) is 101 cm³/mol. The highest BCUT2D eigenvalue weighted by atomic mass is 35.5. The molecule has 7 heteroatoms. The van der Waals surface area contributed by atoms with Crippen LogP contribution in [0.1, 0.15) is 21.5 Å². The Morgan fingerprint density at radius 1 is 1.19 bits per heavy atom. The lowest BCUT2D eigenvalue weighted by Crippen LogP contribution is -2.24. The minimum Gasteiger partial charge on any atom is -0.486 e. The highest BCUT2D eigenvalue weighted by molar-refractivity contribution is 6.32. The number of hydrogen-bond acceptors (Lipinski definition) is 4. The molecule has 27 heavy (non-hydrogen) atoms. The third-order valence-electron chi connectivity index (χ3n) is 4.33. The van der Waals surface area contributed by atoms with Gasteiger partial charge in [-0.15, -0.1) is 0 Å². The van der Waals surface area contributed by atoms with Gasteiger partial charge in [0.2, 0.25) is 0 Å². The van der Waals surface area contributed by atoms with Crippen LogP contribution >= 0.6 is 11.6 Å². The van der Waals surface area contributed by atoms with Crippen molar-refractivity contribution in [2.24, 2.45) is 0 Å². The van der Waals surface area contributed by atoms with Crippen LogP contribution in [0.5, 0.6) is 11.5 Å². The van der Waals surface area contributed by atoms with Crippen LogP contribution in [0.3, 0.4) is 0 Å². The van der Waals surface area contributed by atoms with Gasteiger partial charge in [-0.1, -0.05) is 35.9 Å². The van der Waals surface area contributed by atoms with E-state index in [4.69, 9.17) is 21.1 Å². The Bertz CT molecular complexity index is 957. The maximum absolute atomic E-state index is 12.6. The number of aromatic nitrogens is 2. The molecule has 0 atom stereocenters. The van der Waals surface area contributed by atoms with E-state index in [1.54, 1.807) is 24.7 Å². The topological polar surface area (TPSA) is 65.4 Å². The smallest absolute Gasteiger partial charge is 0.251 e. The van der Waals surface area contributed by atoms with E-state index in [9.17, 15) is 4.79 Å². The van der Waals surface area contributed by atoms with Crippen molar-refractivity contribution < 1.29 is 14.3 Å². The summed E-state index contributed by atoms with van der Waals surface area (Å²) in [5.41, 5.74) is 2.61. The molecule has 2 heterocycles. The molecule has 2 aromatic carbocycles. The Balaban J connectivity index is 1.48. The average molecular weight is 384 g/mol. The summed E-state index contributed by atoms with van der Waals surface area (Å²) in [6, 6.07) is 11.2. The number of rotatable bonds is 5. The molecule has 0 unspecified atom stereocenters. The number of halogens is 1. The molecular formula is C20H18ClN3O3. The normalized spacial score (nSPS) is 12.6. The van der Waals surface area contributed by atoms with Crippen LogP contribution in [0.2, 0.25) is 5.02 Å². The van der Waals surface area contributed by atoms with Crippen molar-refractivity contribution in [2.45, 2.75) is 13.1 Å². The Kier molecular flexibility index (Phi) is 4.98. The lowest BCUT2D eigenvalue weighted by molar-refractivity contribution is 0.0949. The Morgan fingerprint density at radius 3 is 2.81 bits per heavy atom. The first-order valence-corrected chi connectivity index (χ1v) is 8.98. The van der Waals surface area contributed by atoms with Crippen molar-refractivity contribution in [2.75, 3.05) is 13.2 Å². The minimum atomic E-state index is -0.216. The zero-order valence-electron chi connectivity index (χ0n) is 14.5. The quantitative estimate of drug-likeness (QED) is 0.734. The summed E-state index contributed by atoms with van der Waals surface area (Å²) in [4.78, 5) is 16.7. The average Bonchev–Trinajstić information content (AvgIpc) is 3.20. The van der Waals surface area contributed by atoms with E-state index in [1.807, 2.05) is 35.0 Å². The van der Waals surface area contributed by atoms with Crippen molar-refractivity contribution in [3.8, 4) is 11.5 Å². The number of imidazole rings is 1. The first-order chi connectivity index (χ1) is 13.2. The van der Waals surface area contributed by atoms with E-state index in [0.29, 0.717) is 48.4 Å². The summed E-state index contributed by atoms with van der Waals surface area (Å²) in [6.07, 6.45) is 5.43. The molecule has 0 spiro atoms. The maximum atomic E-state index is 12.6. The number of nitrogens with one attached hydrogen (secondary N) is 1. The first kappa shape index (κ1) is 17.4. The molecule has 0 saturated carbocycles. The summed E-state index contributed by atoms with van der Waals surface area (Å²) in [5.74, 6) is 0.774. The monoisotopic (exact) mass is 383 g/mol. The molecular weight excluding hydrogens is 366 g/mol. The van der Waals surface area contributed by atoms with Gasteiger partial charge in [-0.2, -0.15) is 0 Å². The molecule has 3 aromatic rings.